The summed E-state index contributed by atoms with van der Waals surface area (Å²) in [6, 6.07) is 6.42. The van der Waals surface area contributed by atoms with E-state index in [1.807, 2.05) is 24.8 Å². The number of aryl methyl sites for hydroxylation is 3. The summed E-state index contributed by atoms with van der Waals surface area (Å²) in [7, 11) is 0. The molecule has 8 heteroatoms. The molecule has 2 aromatic heterocycles. The van der Waals surface area contributed by atoms with Gasteiger partial charge in [0.05, 0.1) is 11.6 Å². The van der Waals surface area contributed by atoms with E-state index in [4.69, 9.17) is 14.8 Å². The lowest BCUT2D eigenvalue weighted by atomic mass is 9.99. The van der Waals surface area contributed by atoms with Gasteiger partial charge in [-0.3, -0.25) is 0 Å². The molecule has 0 saturated carbocycles. The van der Waals surface area contributed by atoms with Crippen molar-refractivity contribution in [2.24, 2.45) is 0 Å². The van der Waals surface area contributed by atoms with Gasteiger partial charge in [0, 0.05) is 30.0 Å². The largest absolute Gasteiger partial charge is 0.373 e. The third-order valence-corrected chi connectivity index (χ3v) is 6.50. The fraction of sp³-hybridized carbons (Fsp3) is 0.478. The van der Waals surface area contributed by atoms with Gasteiger partial charge in [-0.05, 0) is 76.6 Å². The average molecular weight is 442 g/mol. The summed E-state index contributed by atoms with van der Waals surface area (Å²) in [4.78, 5) is 14.1. The van der Waals surface area contributed by atoms with Crippen molar-refractivity contribution in [1.82, 2.24) is 24.7 Å². The summed E-state index contributed by atoms with van der Waals surface area (Å²) < 4.78 is 21.4. The van der Waals surface area contributed by atoms with Crippen LogP contribution in [0.1, 0.15) is 49.1 Å². The number of ether oxygens (including phenoxy) is 1. The Morgan fingerprint density at radius 1 is 1.10 bits per heavy atom. The zero-order valence-electron chi connectivity index (χ0n) is 18.6. The summed E-state index contributed by atoms with van der Waals surface area (Å²) in [5, 5.41) is 5.64. The van der Waals surface area contributed by atoms with Crippen LogP contribution in [0, 0.1) is 19.7 Å². The number of thioether (sulfide) groups is 1. The highest BCUT2D eigenvalue weighted by Gasteiger charge is 2.39. The minimum atomic E-state index is -0.322. The van der Waals surface area contributed by atoms with Gasteiger partial charge in [-0.15, -0.1) is 0 Å². The molecule has 0 aliphatic carbocycles. The van der Waals surface area contributed by atoms with Crippen LogP contribution in [0.25, 0.3) is 11.4 Å². The minimum absolute atomic E-state index is 0.0986. The Hall–Kier alpha value is -2.32. The van der Waals surface area contributed by atoms with Crippen molar-refractivity contribution in [2.75, 3.05) is 12.9 Å². The van der Waals surface area contributed by atoms with Crippen LogP contribution in [0.3, 0.4) is 0 Å². The molecule has 31 heavy (non-hydrogen) atoms. The molecule has 0 bridgehead atoms. The van der Waals surface area contributed by atoms with E-state index in [0.29, 0.717) is 18.9 Å². The fourth-order valence-corrected chi connectivity index (χ4v) is 4.65. The van der Waals surface area contributed by atoms with E-state index in [-0.39, 0.29) is 17.5 Å². The molecule has 0 radical (unpaired) electrons. The predicted octanol–water partition coefficient (Wildman–Crippen LogP) is 4.74. The monoisotopic (exact) mass is 441 g/mol. The molecule has 1 atom stereocenters. The fourth-order valence-electron chi connectivity index (χ4n) is 4.19. The van der Waals surface area contributed by atoms with E-state index in [0.717, 1.165) is 46.3 Å². The van der Waals surface area contributed by atoms with Crippen LogP contribution in [0.15, 0.2) is 29.4 Å². The molecular formula is C23H28FN5OS. The first-order valence-electron chi connectivity index (χ1n) is 10.5. The molecule has 1 fully saturated rings. The quantitative estimate of drug-likeness (QED) is 0.407. The SMILES string of the molecule is CSc1nc(C)c(CCc2nc(-c3ccc(F)cc3)nn2C2CCOC2(C)C)c(C)n1. The van der Waals surface area contributed by atoms with Gasteiger partial charge < -0.3 is 4.74 Å². The van der Waals surface area contributed by atoms with Crippen LogP contribution in [0.5, 0.6) is 0 Å². The third-order valence-electron chi connectivity index (χ3n) is 5.95. The molecule has 1 unspecified atom stereocenters. The van der Waals surface area contributed by atoms with Gasteiger partial charge >= 0.3 is 0 Å². The van der Waals surface area contributed by atoms with Crippen molar-refractivity contribution in [3.63, 3.8) is 0 Å². The summed E-state index contributed by atoms with van der Waals surface area (Å²) in [6.45, 7) is 8.96. The van der Waals surface area contributed by atoms with Crippen LogP contribution in [-0.2, 0) is 17.6 Å². The number of benzene rings is 1. The van der Waals surface area contributed by atoms with Crippen LogP contribution >= 0.6 is 11.8 Å². The second-order valence-electron chi connectivity index (χ2n) is 8.42. The highest BCUT2D eigenvalue weighted by atomic mass is 32.2. The van der Waals surface area contributed by atoms with E-state index in [9.17, 15) is 4.39 Å². The number of aromatic nitrogens is 5. The van der Waals surface area contributed by atoms with E-state index >= 15 is 0 Å². The van der Waals surface area contributed by atoms with Gasteiger partial charge in [-0.2, -0.15) is 5.10 Å². The van der Waals surface area contributed by atoms with Crippen LogP contribution in [0.2, 0.25) is 0 Å². The van der Waals surface area contributed by atoms with E-state index in [2.05, 4.69) is 23.8 Å². The highest BCUT2D eigenvalue weighted by Crippen LogP contribution is 2.36. The molecule has 164 valence electrons. The van der Waals surface area contributed by atoms with Gasteiger partial charge in [-0.1, -0.05) is 11.8 Å². The Labute approximate surface area is 186 Å². The van der Waals surface area contributed by atoms with Crippen LogP contribution in [-0.4, -0.2) is 43.2 Å². The molecule has 6 nitrogen and oxygen atoms in total. The normalized spacial score (nSPS) is 17.9. The Balaban J connectivity index is 1.68. The van der Waals surface area contributed by atoms with Crippen molar-refractivity contribution < 1.29 is 9.13 Å². The van der Waals surface area contributed by atoms with Crippen LogP contribution < -0.4 is 0 Å². The van der Waals surface area contributed by atoms with Crippen LogP contribution in [0.4, 0.5) is 4.39 Å². The number of hydrogen-bond acceptors (Lipinski definition) is 6. The summed E-state index contributed by atoms with van der Waals surface area (Å²) in [5.74, 6) is 1.24. The van der Waals surface area contributed by atoms with Gasteiger partial charge in [0.25, 0.3) is 0 Å². The second kappa shape index (κ2) is 8.67. The highest BCUT2D eigenvalue weighted by molar-refractivity contribution is 7.98. The molecule has 1 aliphatic rings. The molecule has 4 rings (SSSR count). The predicted molar refractivity (Wildman–Crippen MR) is 120 cm³/mol. The molecule has 1 saturated heterocycles. The molecule has 1 aromatic carbocycles. The smallest absolute Gasteiger partial charge is 0.187 e. The topological polar surface area (TPSA) is 65.7 Å². The van der Waals surface area contributed by atoms with E-state index < -0.39 is 0 Å². The lowest BCUT2D eigenvalue weighted by Gasteiger charge is -2.26. The first-order valence-corrected chi connectivity index (χ1v) is 11.7. The van der Waals surface area contributed by atoms with Crippen molar-refractivity contribution in [3.05, 3.63) is 52.9 Å². The van der Waals surface area contributed by atoms with Gasteiger partial charge in [-0.25, -0.2) is 24.0 Å². The number of rotatable bonds is 6. The van der Waals surface area contributed by atoms with Gasteiger partial charge in [0.15, 0.2) is 11.0 Å². The first kappa shape index (κ1) is 21.9. The Morgan fingerprint density at radius 3 is 2.35 bits per heavy atom. The molecule has 1 aliphatic heterocycles. The maximum absolute atomic E-state index is 13.4. The second-order valence-corrected chi connectivity index (χ2v) is 9.19. The molecule has 3 aromatic rings. The summed E-state index contributed by atoms with van der Waals surface area (Å²) in [5.41, 5.74) is 3.64. The maximum atomic E-state index is 13.4. The molecular weight excluding hydrogens is 413 g/mol. The number of halogens is 1. The molecule has 0 amide bonds. The number of nitrogens with zero attached hydrogens (tertiary/aromatic N) is 5. The van der Waals surface area contributed by atoms with Crippen molar-refractivity contribution >= 4 is 11.8 Å². The number of hydrogen-bond donors (Lipinski definition) is 0. The van der Waals surface area contributed by atoms with E-state index in [1.54, 1.807) is 23.9 Å². The van der Waals surface area contributed by atoms with Crippen molar-refractivity contribution in [3.8, 4) is 11.4 Å². The summed E-state index contributed by atoms with van der Waals surface area (Å²) >= 11 is 1.55. The van der Waals surface area contributed by atoms with E-state index in [1.165, 1.54) is 12.1 Å². The van der Waals surface area contributed by atoms with Gasteiger partial charge in [0.1, 0.15) is 11.6 Å². The summed E-state index contributed by atoms with van der Waals surface area (Å²) in [6.07, 6.45) is 4.36. The zero-order chi connectivity index (χ0) is 22.2. The average Bonchev–Trinajstić information content (AvgIpc) is 3.29. The lowest BCUT2D eigenvalue weighted by Crippen LogP contribution is -2.31. The molecule has 3 heterocycles. The Kier molecular flexibility index (Phi) is 6.12. The van der Waals surface area contributed by atoms with Crippen molar-refractivity contribution in [2.45, 2.75) is 63.8 Å². The Morgan fingerprint density at radius 2 is 1.77 bits per heavy atom. The first-order chi connectivity index (χ1) is 14.8. The zero-order valence-corrected chi connectivity index (χ0v) is 19.5. The van der Waals surface area contributed by atoms with Gasteiger partial charge in [0.2, 0.25) is 0 Å². The Bertz CT molecular complexity index is 1060. The molecule has 0 N–H and O–H groups in total. The standard InChI is InChI=1S/C23H28FN5OS/c1-14-18(15(2)26-22(25-14)31-5)10-11-20-27-21(16-6-8-17(24)9-7-16)28-29(20)19-12-13-30-23(19,3)4/h6-9,19H,10-13H2,1-5H3. The third kappa shape index (κ3) is 4.50. The lowest BCUT2D eigenvalue weighted by molar-refractivity contribution is 0.0112. The molecule has 0 spiro atoms. The van der Waals surface area contributed by atoms with Crippen molar-refractivity contribution in [1.29, 1.82) is 0 Å². The minimum Gasteiger partial charge on any atom is -0.373 e. The maximum Gasteiger partial charge on any atom is 0.187 e.